The normalized spacial score (nSPS) is 17.8. The van der Waals surface area contributed by atoms with Crippen LogP contribution in [0.25, 0.3) is 16.6 Å². The Hall–Kier alpha value is -4.46. The zero-order chi connectivity index (χ0) is 32.0. The van der Waals surface area contributed by atoms with Crippen molar-refractivity contribution in [2.45, 2.75) is 44.7 Å². The van der Waals surface area contributed by atoms with E-state index in [0.29, 0.717) is 29.2 Å². The van der Waals surface area contributed by atoms with Crippen molar-refractivity contribution in [2.75, 3.05) is 49.1 Å². The van der Waals surface area contributed by atoms with E-state index in [1.54, 1.807) is 4.90 Å². The summed E-state index contributed by atoms with van der Waals surface area (Å²) in [6.07, 6.45) is -8.45. The van der Waals surface area contributed by atoms with Crippen molar-refractivity contribution < 1.29 is 31.1 Å². The van der Waals surface area contributed by atoms with Crippen molar-refractivity contribution in [2.24, 2.45) is 0 Å². The van der Waals surface area contributed by atoms with E-state index in [1.807, 2.05) is 0 Å². The molecule has 0 saturated carbocycles. The molecule has 1 unspecified atom stereocenters. The summed E-state index contributed by atoms with van der Waals surface area (Å²) in [5, 5.41) is 16.6. The molecule has 0 bridgehead atoms. The second-order valence-corrected chi connectivity index (χ2v) is 10.5. The highest BCUT2D eigenvalue weighted by Crippen LogP contribution is 2.36. The van der Waals surface area contributed by atoms with Gasteiger partial charge < -0.3 is 20.0 Å². The van der Waals surface area contributed by atoms with Crippen LogP contribution in [0.2, 0.25) is 0 Å². The molecular weight excluding hydrogens is 596 g/mol. The number of alkyl halides is 6. The minimum absolute atomic E-state index is 0.0373. The van der Waals surface area contributed by atoms with Crippen molar-refractivity contribution in [3.05, 3.63) is 45.9 Å². The van der Waals surface area contributed by atoms with Gasteiger partial charge in [-0.2, -0.15) is 46.4 Å². The van der Waals surface area contributed by atoms with Crippen molar-refractivity contribution in [1.82, 2.24) is 30.0 Å². The summed E-state index contributed by atoms with van der Waals surface area (Å²) >= 11 is 0. The summed E-state index contributed by atoms with van der Waals surface area (Å²) in [5.74, 6) is -1.76. The molecule has 17 heteroatoms. The Balaban J connectivity index is 1.61. The van der Waals surface area contributed by atoms with Gasteiger partial charge in [-0.25, -0.2) is 4.98 Å². The Morgan fingerprint density at radius 1 is 1.14 bits per heavy atom. The van der Waals surface area contributed by atoms with E-state index < -0.39 is 41.1 Å². The van der Waals surface area contributed by atoms with E-state index in [4.69, 9.17) is 0 Å². The fourth-order valence-corrected chi connectivity index (χ4v) is 5.56. The molecule has 5 rings (SSSR count). The smallest absolute Gasteiger partial charge is 0.353 e. The number of aromatic nitrogens is 4. The van der Waals surface area contributed by atoms with E-state index >= 15 is 0 Å². The molecule has 2 saturated heterocycles. The average Bonchev–Trinajstić information content (AvgIpc) is 2.93. The lowest BCUT2D eigenvalue weighted by Crippen LogP contribution is -2.63. The van der Waals surface area contributed by atoms with Gasteiger partial charge in [0.05, 0.1) is 41.4 Å². The predicted molar refractivity (Wildman–Crippen MR) is 146 cm³/mol. The van der Waals surface area contributed by atoms with Crippen LogP contribution in [0.5, 0.6) is 0 Å². The minimum atomic E-state index is -5.05. The molecule has 1 atom stereocenters. The van der Waals surface area contributed by atoms with E-state index in [1.165, 1.54) is 37.1 Å². The van der Waals surface area contributed by atoms with Gasteiger partial charge in [-0.15, -0.1) is 0 Å². The maximum absolute atomic E-state index is 14.0. The van der Waals surface area contributed by atoms with Gasteiger partial charge in [0, 0.05) is 45.3 Å². The Morgan fingerprint density at radius 3 is 2.50 bits per heavy atom. The molecule has 44 heavy (non-hydrogen) atoms. The van der Waals surface area contributed by atoms with Crippen LogP contribution in [-0.2, 0) is 11.0 Å². The number of benzene rings is 1. The zero-order valence-corrected chi connectivity index (χ0v) is 23.6. The van der Waals surface area contributed by atoms with Crippen LogP contribution in [-0.4, -0.2) is 88.1 Å². The molecule has 1 aromatic carbocycles. The van der Waals surface area contributed by atoms with Crippen LogP contribution in [0, 0.1) is 18.3 Å². The van der Waals surface area contributed by atoms with E-state index in [0.717, 1.165) is 6.07 Å². The third kappa shape index (κ3) is 5.73. The second-order valence-electron chi connectivity index (χ2n) is 10.5. The number of nitrogens with one attached hydrogen (secondary N) is 1. The van der Waals surface area contributed by atoms with E-state index in [-0.39, 0.29) is 60.3 Å². The Labute approximate surface area is 246 Å². The average molecular weight is 624 g/mol. The number of amides is 1. The van der Waals surface area contributed by atoms with Gasteiger partial charge in [-0.3, -0.25) is 9.59 Å². The quantitative estimate of drug-likeness (QED) is 0.413. The molecule has 0 aliphatic carbocycles. The second kappa shape index (κ2) is 11.6. The highest BCUT2D eigenvalue weighted by molar-refractivity contribution is 5.90. The predicted octanol–water partition coefficient (Wildman–Crippen LogP) is 2.79. The summed E-state index contributed by atoms with van der Waals surface area (Å²) in [4.78, 5) is 38.7. The summed E-state index contributed by atoms with van der Waals surface area (Å²) in [6, 6.07) is 4.81. The van der Waals surface area contributed by atoms with Crippen LogP contribution in [0.15, 0.2) is 29.2 Å². The first kappa shape index (κ1) is 31.0. The fraction of sp³-hybridized carbons (Fsp3) is 0.481. The Kier molecular flexibility index (Phi) is 8.14. The number of fused-ring (bicyclic) bond motifs is 1. The van der Waals surface area contributed by atoms with Gasteiger partial charge >= 0.3 is 18.3 Å². The molecule has 2 aromatic heterocycles. The van der Waals surface area contributed by atoms with Gasteiger partial charge in [0.1, 0.15) is 11.3 Å². The highest BCUT2D eigenvalue weighted by Gasteiger charge is 2.47. The number of aryl methyl sites for hydroxylation is 1. The third-order valence-corrected chi connectivity index (χ3v) is 7.70. The Bertz CT molecular complexity index is 1680. The van der Waals surface area contributed by atoms with Crippen LogP contribution < -0.4 is 20.7 Å². The molecule has 2 aliphatic heterocycles. The highest BCUT2D eigenvalue weighted by atomic mass is 19.4. The maximum Gasteiger partial charge on any atom is 0.471 e. The molecule has 234 valence electrons. The van der Waals surface area contributed by atoms with Gasteiger partial charge in [0.15, 0.2) is 0 Å². The van der Waals surface area contributed by atoms with Crippen LogP contribution in [0.1, 0.15) is 24.5 Å². The summed E-state index contributed by atoms with van der Waals surface area (Å²) in [6.45, 7) is 3.56. The first-order valence-corrected chi connectivity index (χ1v) is 13.7. The lowest BCUT2D eigenvalue weighted by Gasteiger charge is -2.45. The molecule has 1 N–H and O–H groups in total. The Morgan fingerprint density at radius 2 is 1.86 bits per heavy atom. The summed E-state index contributed by atoms with van der Waals surface area (Å²) < 4.78 is 82.1. The number of hydrogen-bond donors (Lipinski definition) is 1. The lowest BCUT2D eigenvalue weighted by atomic mass is 10.1. The molecule has 0 radical (unpaired) electrons. The van der Waals surface area contributed by atoms with Crippen molar-refractivity contribution in [3.63, 3.8) is 0 Å². The van der Waals surface area contributed by atoms with Crippen molar-refractivity contribution >= 4 is 28.6 Å². The standard InChI is InChI=1S/C27H27F6N9O2/c1-3-41(24(44)27(31,32)33)17-13-40(14-17)25-37-21-18(22(38-25)39-10-9-35-16(12-39)7-8-34)11-36-42(23(21)43)19-6-4-5-15(2)20(19)26(28,29)30/h4-6,11,16-17,35H,3,7,9-10,12-14H2,1-2H3. The van der Waals surface area contributed by atoms with Crippen LogP contribution in [0.4, 0.5) is 38.1 Å². The van der Waals surface area contributed by atoms with Crippen LogP contribution in [0.3, 0.4) is 0 Å². The molecule has 2 fully saturated rings. The van der Waals surface area contributed by atoms with Crippen molar-refractivity contribution in [1.29, 1.82) is 5.26 Å². The molecule has 0 spiro atoms. The molecule has 1 amide bonds. The largest absolute Gasteiger partial charge is 0.471 e. The van der Waals surface area contributed by atoms with Crippen molar-refractivity contribution in [3.8, 4) is 11.8 Å². The van der Waals surface area contributed by atoms with Gasteiger partial charge in [-0.1, -0.05) is 12.1 Å². The molecular formula is C27H27F6N9O2. The van der Waals surface area contributed by atoms with Crippen LogP contribution >= 0.6 is 0 Å². The van der Waals surface area contributed by atoms with Gasteiger partial charge in [0.25, 0.3) is 5.56 Å². The molecule has 4 heterocycles. The van der Waals surface area contributed by atoms with Gasteiger partial charge in [-0.05, 0) is 25.5 Å². The number of nitrogens with zero attached hydrogens (tertiary/aromatic N) is 8. The first-order chi connectivity index (χ1) is 20.7. The third-order valence-electron chi connectivity index (χ3n) is 7.70. The van der Waals surface area contributed by atoms with E-state index in [9.17, 15) is 41.2 Å². The number of rotatable bonds is 6. The number of likely N-dealkylation sites (N-methyl/N-ethyl adjacent to an activating group) is 1. The number of carbonyl (C=O) groups excluding carboxylic acids is 1. The SMILES string of the molecule is CCN(C(=O)C(F)(F)F)C1CN(c2nc(N3CCNC(CC#N)C3)c3cnn(-c4cccc(C)c4C(F)(F)F)c(=O)c3n2)C1. The fourth-order valence-electron chi connectivity index (χ4n) is 5.56. The summed E-state index contributed by atoms with van der Waals surface area (Å²) in [5.41, 5.74) is -2.84. The summed E-state index contributed by atoms with van der Waals surface area (Å²) in [7, 11) is 0. The van der Waals surface area contributed by atoms with E-state index in [2.05, 4.69) is 26.5 Å². The number of anilines is 2. The maximum atomic E-state index is 14.0. The topological polar surface area (TPSA) is 123 Å². The zero-order valence-electron chi connectivity index (χ0n) is 23.6. The first-order valence-electron chi connectivity index (χ1n) is 13.7. The molecule has 3 aromatic rings. The minimum Gasteiger partial charge on any atom is -0.353 e. The number of hydrogen-bond acceptors (Lipinski definition) is 9. The molecule has 2 aliphatic rings. The molecule has 11 nitrogen and oxygen atoms in total. The monoisotopic (exact) mass is 623 g/mol. The van der Waals surface area contributed by atoms with Gasteiger partial charge in [0.2, 0.25) is 5.95 Å². The number of carbonyl (C=O) groups is 1. The number of halogens is 6. The number of piperazine rings is 1. The lowest BCUT2D eigenvalue weighted by molar-refractivity contribution is -0.188. The number of nitriles is 1.